The molecule has 0 aromatic carbocycles. The van der Waals surface area contributed by atoms with Gasteiger partial charge in [0.05, 0.1) is 4.95 Å². The Kier molecular flexibility index (Phi) is 8.20. The monoisotopic (exact) mass is 285 g/mol. The van der Waals surface area contributed by atoms with Crippen molar-refractivity contribution in [2.75, 3.05) is 19.4 Å². The molecule has 0 heterocycles. The minimum Gasteiger partial charge on any atom is -0.297 e. The lowest BCUT2D eigenvalue weighted by molar-refractivity contribution is 0.365. The van der Waals surface area contributed by atoms with Gasteiger partial charge in [0.25, 0.3) is 0 Å². The smallest absolute Gasteiger partial charge is 0.0650 e. The summed E-state index contributed by atoms with van der Waals surface area (Å²) in [6, 6.07) is 0. The van der Waals surface area contributed by atoms with Crippen molar-refractivity contribution in [2.24, 2.45) is 0 Å². The predicted molar refractivity (Wildman–Crippen MR) is 58.7 cm³/mol. The number of nitrogens with zero attached hydrogens (tertiary/aromatic N) is 1. The van der Waals surface area contributed by atoms with Gasteiger partial charge in [-0.2, -0.15) is 0 Å². The third-order valence-corrected chi connectivity index (χ3v) is 3.47. The molecule has 0 spiro atoms. The van der Waals surface area contributed by atoms with Gasteiger partial charge in [-0.25, -0.2) is 0 Å². The topological polar surface area (TPSA) is 3.24 Å². The van der Waals surface area contributed by atoms with E-state index in [2.05, 4.69) is 50.9 Å². The van der Waals surface area contributed by atoms with Crippen LogP contribution in [0, 0.1) is 0 Å². The molecule has 0 aromatic rings. The van der Waals surface area contributed by atoms with Gasteiger partial charge in [0.1, 0.15) is 0 Å². The van der Waals surface area contributed by atoms with E-state index in [4.69, 9.17) is 0 Å². The SMILES string of the molecule is CN(C)C(Br)CCCCCBr. The first kappa shape index (κ1) is 11.9. The summed E-state index contributed by atoms with van der Waals surface area (Å²) in [5.74, 6) is 0. The van der Waals surface area contributed by atoms with E-state index >= 15 is 0 Å². The van der Waals surface area contributed by atoms with Crippen LogP contribution < -0.4 is 0 Å². The fraction of sp³-hybridized carbons (Fsp3) is 1.00. The first-order valence-corrected chi connectivity index (χ1v) is 6.08. The van der Waals surface area contributed by atoms with Crippen LogP contribution >= 0.6 is 31.9 Å². The van der Waals surface area contributed by atoms with E-state index in [1.54, 1.807) is 0 Å². The highest BCUT2D eigenvalue weighted by molar-refractivity contribution is 9.09. The third kappa shape index (κ3) is 7.29. The molecule has 1 nitrogen and oxygen atoms in total. The highest BCUT2D eigenvalue weighted by Crippen LogP contribution is 2.12. The molecule has 0 aromatic heterocycles. The molecule has 0 aliphatic rings. The zero-order chi connectivity index (χ0) is 8.69. The van der Waals surface area contributed by atoms with Crippen molar-refractivity contribution in [1.82, 2.24) is 4.90 Å². The standard InChI is InChI=1S/C8H17Br2N/c1-11(2)8(10)6-4-3-5-7-9/h8H,3-7H2,1-2H3. The number of alkyl halides is 2. The first-order valence-electron chi connectivity index (χ1n) is 4.05. The molecule has 0 aliphatic heterocycles. The Labute approximate surface area is 86.8 Å². The number of unbranched alkanes of at least 4 members (excludes halogenated alkanes) is 2. The van der Waals surface area contributed by atoms with Crippen molar-refractivity contribution in [3.63, 3.8) is 0 Å². The van der Waals surface area contributed by atoms with E-state index in [9.17, 15) is 0 Å². The summed E-state index contributed by atoms with van der Waals surface area (Å²) in [6.45, 7) is 0. The van der Waals surface area contributed by atoms with E-state index in [1.165, 1.54) is 25.7 Å². The number of hydrogen-bond donors (Lipinski definition) is 0. The van der Waals surface area contributed by atoms with Gasteiger partial charge in [0.15, 0.2) is 0 Å². The summed E-state index contributed by atoms with van der Waals surface area (Å²) in [5.41, 5.74) is 0. The molecule has 68 valence electrons. The Morgan fingerprint density at radius 2 is 1.82 bits per heavy atom. The second kappa shape index (κ2) is 7.56. The highest BCUT2D eigenvalue weighted by Gasteiger charge is 2.04. The average molecular weight is 287 g/mol. The fourth-order valence-corrected chi connectivity index (χ4v) is 1.56. The Bertz CT molecular complexity index is 86.2. The maximum atomic E-state index is 3.61. The van der Waals surface area contributed by atoms with Crippen LogP contribution in [0.3, 0.4) is 0 Å². The van der Waals surface area contributed by atoms with Gasteiger partial charge in [0, 0.05) is 5.33 Å². The average Bonchev–Trinajstić information content (AvgIpc) is 1.97. The minimum absolute atomic E-state index is 0.554. The maximum absolute atomic E-state index is 3.61. The van der Waals surface area contributed by atoms with Crippen molar-refractivity contribution < 1.29 is 0 Å². The van der Waals surface area contributed by atoms with Crippen molar-refractivity contribution in [3.8, 4) is 0 Å². The third-order valence-electron chi connectivity index (χ3n) is 1.64. The molecule has 0 saturated heterocycles. The highest BCUT2D eigenvalue weighted by atomic mass is 79.9. The van der Waals surface area contributed by atoms with Crippen molar-refractivity contribution in [3.05, 3.63) is 0 Å². The minimum atomic E-state index is 0.554. The molecule has 3 heteroatoms. The van der Waals surface area contributed by atoms with E-state index in [0.29, 0.717) is 4.95 Å². The van der Waals surface area contributed by atoms with E-state index in [0.717, 1.165) is 5.33 Å². The lowest BCUT2D eigenvalue weighted by Gasteiger charge is -2.17. The van der Waals surface area contributed by atoms with Crippen LogP contribution in [0.5, 0.6) is 0 Å². The molecule has 0 saturated carbocycles. The molecule has 0 bridgehead atoms. The first-order chi connectivity index (χ1) is 5.18. The largest absolute Gasteiger partial charge is 0.297 e. The van der Waals surface area contributed by atoms with Gasteiger partial charge in [0.2, 0.25) is 0 Å². The fourth-order valence-electron chi connectivity index (χ4n) is 0.842. The Morgan fingerprint density at radius 3 is 2.27 bits per heavy atom. The van der Waals surface area contributed by atoms with E-state index in [-0.39, 0.29) is 0 Å². The maximum Gasteiger partial charge on any atom is 0.0650 e. The lowest BCUT2D eigenvalue weighted by atomic mass is 10.2. The molecule has 1 atom stereocenters. The van der Waals surface area contributed by atoms with Gasteiger partial charge >= 0.3 is 0 Å². The van der Waals surface area contributed by atoms with Crippen LogP contribution in [0.2, 0.25) is 0 Å². The zero-order valence-corrected chi connectivity index (χ0v) is 10.5. The number of rotatable bonds is 6. The van der Waals surface area contributed by atoms with Crippen molar-refractivity contribution in [1.29, 1.82) is 0 Å². The zero-order valence-electron chi connectivity index (χ0n) is 7.32. The molecule has 0 aliphatic carbocycles. The van der Waals surface area contributed by atoms with Crippen LogP contribution in [0.25, 0.3) is 0 Å². The van der Waals surface area contributed by atoms with Crippen LogP contribution in [0.1, 0.15) is 25.7 Å². The second-order valence-electron chi connectivity index (χ2n) is 2.94. The number of halogens is 2. The molecule has 0 amide bonds. The van der Waals surface area contributed by atoms with Crippen LogP contribution in [0.15, 0.2) is 0 Å². The second-order valence-corrected chi connectivity index (χ2v) is 4.79. The normalized spacial score (nSPS) is 13.9. The summed E-state index contributed by atoms with van der Waals surface area (Å²) >= 11 is 7.03. The van der Waals surface area contributed by atoms with Crippen LogP contribution in [0.4, 0.5) is 0 Å². The Hall–Kier alpha value is 0.920. The molecular formula is C8H17Br2N. The van der Waals surface area contributed by atoms with Gasteiger partial charge in [-0.15, -0.1) is 0 Å². The summed E-state index contributed by atoms with van der Waals surface area (Å²) in [6.07, 6.45) is 5.20. The lowest BCUT2D eigenvalue weighted by Crippen LogP contribution is -2.21. The molecule has 11 heavy (non-hydrogen) atoms. The summed E-state index contributed by atoms with van der Waals surface area (Å²) in [5, 5.41) is 1.14. The summed E-state index contributed by atoms with van der Waals surface area (Å²) in [7, 11) is 4.20. The summed E-state index contributed by atoms with van der Waals surface area (Å²) < 4.78 is 0. The van der Waals surface area contributed by atoms with Crippen molar-refractivity contribution >= 4 is 31.9 Å². The molecule has 1 unspecified atom stereocenters. The van der Waals surface area contributed by atoms with Gasteiger partial charge in [-0.1, -0.05) is 44.7 Å². The van der Waals surface area contributed by atoms with Crippen LogP contribution in [-0.4, -0.2) is 29.3 Å². The molecular weight excluding hydrogens is 270 g/mol. The van der Waals surface area contributed by atoms with E-state index < -0.39 is 0 Å². The predicted octanol–water partition coefficient (Wildman–Crippen LogP) is 3.22. The van der Waals surface area contributed by atoms with Gasteiger partial charge < -0.3 is 0 Å². The quantitative estimate of drug-likeness (QED) is 0.412. The Balaban J connectivity index is 3.10. The van der Waals surface area contributed by atoms with Crippen molar-refractivity contribution in [2.45, 2.75) is 30.6 Å². The van der Waals surface area contributed by atoms with E-state index in [1.807, 2.05) is 0 Å². The van der Waals surface area contributed by atoms with Gasteiger partial charge in [-0.05, 0) is 26.9 Å². The molecule has 0 rings (SSSR count). The Morgan fingerprint density at radius 1 is 1.18 bits per heavy atom. The molecule has 0 radical (unpaired) electrons. The van der Waals surface area contributed by atoms with Gasteiger partial charge in [-0.3, -0.25) is 4.90 Å². The summed E-state index contributed by atoms with van der Waals surface area (Å²) in [4.78, 5) is 2.76. The molecule has 0 N–H and O–H groups in total. The van der Waals surface area contributed by atoms with Crippen LogP contribution in [-0.2, 0) is 0 Å². The number of hydrogen-bond acceptors (Lipinski definition) is 1. The molecule has 0 fully saturated rings.